The van der Waals surface area contributed by atoms with Crippen molar-refractivity contribution in [3.63, 3.8) is 0 Å². The Morgan fingerprint density at radius 2 is 2.00 bits per heavy atom. The quantitative estimate of drug-likeness (QED) is 0.491. The van der Waals surface area contributed by atoms with Crippen LogP contribution in [-0.4, -0.2) is 38.7 Å². The first-order chi connectivity index (χ1) is 15.0. The van der Waals surface area contributed by atoms with E-state index >= 15 is 0 Å². The van der Waals surface area contributed by atoms with E-state index in [-0.39, 0.29) is 6.10 Å². The van der Waals surface area contributed by atoms with Crippen LogP contribution >= 0.6 is 11.3 Å². The fourth-order valence-corrected chi connectivity index (χ4v) is 5.45. The van der Waals surface area contributed by atoms with Crippen molar-refractivity contribution in [3.05, 3.63) is 22.3 Å². The fourth-order valence-electron chi connectivity index (χ4n) is 4.36. The highest BCUT2D eigenvalue weighted by Gasteiger charge is 2.30. The van der Waals surface area contributed by atoms with Gasteiger partial charge in [-0.05, 0) is 77.2 Å². The SMILES string of the molecule is C/C=C\c1nc(-c2c(C)nc(NCC3CC3)nc2NC2CCC(C(C)O)C2)sc1CC. The minimum absolute atomic E-state index is 0.261. The van der Waals surface area contributed by atoms with Crippen LogP contribution in [0.1, 0.15) is 69.1 Å². The Morgan fingerprint density at radius 1 is 1.19 bits per heavy atom. The molecule has 2 aromatic heterocycles. The monoisotopic (exact) mass is 441 g/mol. The van der Waals surface area contributed by atoms with Crippen molar-refractivity contribution in [3.8, 4) is 10.6 Å². The summed E-state index contributed by atoms with van der Waals surface area (Å²) in [6.07, 6.45) is 10.5. The molecule has 7 heteroatoms. The molecule has 168 valence electrons. The van der Waals surface area contributed by atoms with Gasteiger partial charge in [-0.25, -0.2) is 9.97 Å². The summed E-state index contributed by atoms with van der Waals surface area (Å²) < 4.78 is 0. The van der Waals surface area contributed by atoms with Gasteiger partial charge in [0.25, 0.3) is 0 Å². The zero-order chi connectivity index (χ0) is 22.0. The van der Waals surface area contributed by atoms with Gasteiger partial charge in [0, 0.05) is 17.5 Å². The lowest BCUT2D eigenvalue weighted by Gasteiger charge is -2.19. The van der Waals surface area contributed by atoms with Gasteiger partial charge in [-0.15, -0.1) is 11.3 Å². The number of aryl methyl sites for hydroxylation is 2. The van der Waals surface area contributed by atoms with Gasteiger partial charge < -0.3 is 15.7 Å². The Hall–Kier alpha value is -1.99. The first-order valence-corrected chi connectivity index (χ1v) is 12.5. The summed E-state index contributed by atoms with van der Waals surface area (Å²) in [5, 5.41) is 18.1. The van der Waals surface area contributed by atoms with Crippen LogP contribution in [0.4, 0.5) is 11.8 Å². The van der Waals surface area contributed by atoms with E-state index < -0.39 is 0 Å². The zero-order valence-corrected chi connectivity index (χ0v) is 19.9. The van der Waals surface area contributed by atoms with Crippen LogP contribution in [0.5, 0.6) is 0 Å². The minimum Gasteiger partial charge on any atom is -0.393 e. The Balaban J connectivity index is 1.67. The fraction of sp³-hybridized carbons (Fsp3) is 0.625. The van der Waals surface area contributed by atoms with Crippen LogP contribution in [0.15, 0.2) is 6.08 Å². The number of rotatable bonds is 9. The molecule has 0 saturated heterocycles. The minimum atomic E-state index is -0.261. The summed E-state index contributed by atoms with van der Waals surface area (Å²) in [5.41, 5.74) is 3.00. The van der Waals surface area contributed by atoms with Crippen molar-refractivity contribution >= 4 is 29.2 Å². The summed E-state index contributed by atoms with van der Waals surface area (Å²) in [5.74, 6) is 2.67. The van der Waals surface area contributed by atoms with Crippen molar-refractivity contribution in [1.82, 2.24) is 15.0 Å². The maximum Gasteiger partial charge on any atom is 0.224 e. The third-order valence-electron chi connectivity index (χ3n) is 6.42. The van der Waals surface area contributed by atoms with Gasteiger partial charge in [0.15, 0.2) is 0 Å². The largest absolute Gasteiger partial charge is 0.393 e. The number of aliphatic hydroxyl groups excluding tert-OH is 1. The number of allylic oxidation sites excluding steroid dienone is 1. The van der Waals surface area contributed by atoms with Crippen molar-refractivity contribution in [1.29, 1.82) is 0 Å². The highest BCUT2D eigenvalue weighted by molar-refractivity contribution is 7.15. The molecular weight excluding hydrogens is 406 g/mol. The molecule has 2 aliphatic carbocycles. The summed E-state index contributed by atoms with van der Waals surface area (Å²) in [6, 6.07) is 0.310. The molecule has 0 aromatic carbocycles. The molecule has 6 nitrogen and oxygen atoms in total. The molecule has 2 aliphatic rings. The number of aromatic nitrogens is 3. The molecule has 0 bridgehead atoms. The van der Waals surface area contributed by atoms with Gasteiger partial charge in [-0.2, -0.15) is 4.98 Å². The van der Waals surface area contributed by atoms with Gasteiger partial charge in [-0.3, -0.25) is 0 Å². The molecule has 0 amide bonds. The summed E-state index contributed by atoms with van der Waals surface area (Å²) in [4.78, 5) is 15.9. The van der Waals surface area contributed by atoms with Crippen LogP contribution in [0, 0.1) is 18.8 Å². The van der Waals surface area contributed by atoms with Crippen molar-refractivity contribution in [2.45, 2.75) is 78.4 Å². The number of hydrogen-bond acceptors (Lipinski definition) is 7. The molecule has 31 heavy (non-hydrogen) atoms. The van der Waals surface area contributed by atoms with Crippen LogP contribution in [0.2, 0.25) is 0 Å². The van der Waals surface area contributed by atoms with Crippen molar-refractivity contribution < 1.29 is 5.11 Å². The van der Waals surface area contributed by atoms with Crippen LogP contribution in [-0.2, 0) is 6.42 Å². The van der Waals surface area contributed by atoms with E-state index in [1.54, 1.807) is 11.3 Å². The normalized spacial score (nSPS) is 22.2. The molecule has 4 rings (SSSR count). The summed E-state index contributed by atoms with van der Waals surface area (Å²) >= 11 is 1.74. The van der Waals surface area contributed by atoms with Crippen LogP contribution in [0.25, 0.3) is 16.6 Å². The molecule has 2 fully saturated rings. The van der Waals surface area contributed by atoms with E-state index in [1.807, 2.05) is 19.9 Å². The topological polar surface area (TPSA) is 83.0 Å². The number of nitrogens with zero attached hydrogens (tertiary/aromatic N) is 3. The Kier molecular flexibility index (Phi) is 6.92. The lowest BCUT2D eigenvalue weighted by atomic mass is 10.0. The Labute approximate surface area is 189 Å². The van der Waals surface area contributed by atoms with E-state index in [0.29, 0.717) is 17.9 Å². The predicted octanol–water partition coefficient (Wildman–Crippen LogP) is 5.29. The summed E-state index contributed by atoms with van der Waals surface area (Å²) in [6.45, 7) is 9.09. The van der Waals surface area contributed by atoms with E-state index in [4.69, 9.17) is 15.0 Å². The van der Waals surface area contributed by atoms with E-state index in [9.17, 15) is 5.11 Å². The maximum absolute atomic E-state index is 10.0. The lowest BCUT2D eigenvalue weighted by Crippen LogP contribution is -2.21. The molecule has 3 unspecified atom stereocenters. The Morgan fingerprint density at radius 3 is 2.65 bits per heavy atom. The molecule has 2 saturated carbocycles. The van der Waals surface area contributed by atoms with Crippen LogP contribution < -0.4 is 10.6 Å². The number of thiazole rings is 1. The van der Waals surface area contributed by atoms with Gasteiger partial charge in [-0.1, -0.05) is 13.0 Å². The number of aliphatic hydroxyl groups is 1. The summed E-state index contributed by atoms with van der Waals surface area (Å²) in [7, 11) is 0. The van der Waals surface area contributed by atoms with Gasteiger partial charge >= 0.3 is 0 Å². The smallest absolute Gasteiger partial charge is 0.224 e. The van der Waals surface area contributed by atoms with Crippen molar-refractivity contribution in [2.24, 2.45) is 11.8 Å². The molecule has 0 aliphatic heterocycles. The molecular formula is C24H35N5OS. The van der Waals surface area contributed by atoms with Crippen molar-refractivity contribution in [2.75, 3.05) is 17.2 Å². The second-order valence-electron chi connectivity index (χ2n) is 9.02. The first kappa shape index (κ1) is 22.2. The average Bonchev–Trinajstić information content (AvgIpc) is 3.30. The third-order valence-corrected chi connectivity index (χ3v) is 7.65. The second kappa shape index (κ2) is 9.65. The number of nitrogens with one attached hydrogen (secondary N) is 2. The highest BCUT2D eigenvalue weighted by Crippen LogP contribution is 2.38. The maximum atomic E-state index is 10.0. The van der Waals surface area contributed by atoms with Gasteiger partial charge in [0.2, 0.25) is 5.95 Å². The Bertz CT molecular complexity index is 934. The number of anilines is 2. The van der Waals surface area contributed by atoms with E-state index in [1.165, 1.54) is 17.7 Å². The number of hydrogen-bond donors (Lipinski definition) is 3. The molecule has 3 N–H and O–H groups in total. The van der Waals surface area contributed by atoms with Crippen LogP contribution in [0.3, 0.4) is 0 Å². The molecule has 0 radical (unpaired) electrons. The van der Waals surface area contributed by atoms with Gasteiger partial charge in [0.05, 0.1) is 23.1 Å². The lowest BCUT2D eigenvalue weighted by molar-refractivity contribution is 0.128. The highest BCUT2D eigenvalue weighted by atomic mass is 32.1. The standard InChI is InChI=1S/C24H35N5OS/c1-5-7-19-20(6-2)31-23(28-19)21-14(3)26-24(25-13-16-8-9-16)29-22(21)27-18-11-10-17(12-18)15(4)30/h5,7,15-18,30H,6,8-13H2,1-4H3,(H2,25,26,27,29)/b7-5-. The molecule has 2 heterocycles. The molecule has 3 atom stereocenters. The molecule has 2 aromatic rings. The van der Waals surface area contributed by atoms with E-state index in [0.717, 1.165) is 65.9 Å². The zero-order valence-electron chi connectivity index (χ0n) is 19.1. The second-order valence-corrected chi connectivity index (χ2v) is 10.1. The molecule has 0 spiro atoms. The van der Waals surface area contributed by atoms with Gasteiger partial charge in [0.1, 0.15) is 10.8 Å². The predicted molar refractivity (Wildman–Crippen MR) is 130 cm³/mol. The van der Waals surface area contributed by atoms with E-state index in [2.05, 4.69) is 30.6 Å². The first-order valence-electron chi connectivity index (χ1n) is 11.7. The average molecular weight is 442 g/mol. The third kappa shape index (κ3) is 5.26.